The lowest BCUT2D eigenvalue weighted by Gasteiger charge is -2.27. The van der Waals surface area contributed by atoms with E-state index in [0.717, 1.165) is 24.1 Å². The number of thioether (sulfide) groups is 1. The summed E-state index contributed by atoms with van der Waals surface area (Å²) in [5.74, 6) is 0.777. The van der Waals surface area contributed by atoms with E-state index in [4.69, 9.17) is 0 Å². The van der Waals surface area contributed by atoms with Gasteiger partial charge in [-0.05, 0) is 42.3 Å². The van der Waals surface area contributed by atoms with Gasteiger partial charge in [-0.3, -0.25) is 9.59 Å². The highest BCUT2D eigenvalue weighted by molar-refractivity contribution is 7.98. The van der Waals surface area contributed by atoms with Crippen molar-refractivity contribution in [2.24, 2.45) is 0 Å². The number of fused-ring (bicyclic) bond motifs is 1. The van der Waals surface area contributed by atoms with Gasteiger partial charge in [0.1, 0.15) is 11.9 Å². The van der Waals surface area contributed by atoms with Crippen molar-refractivity contribution in [2.75, 3.05) is 22.9 Å². The van der Waals surface area contributed by atoms with E-state index in [2.05, 4.69) is 22.9 Å². The zero-order chi connectivity index (χ0) is 19.9. The molecule has 148 valence electrons. The Kier molecular flexibility index (Phi) is 6.92. The van der Waals surface area contributed by atoms with Gasteiger partial charge >= 0.3 is 0 Å². The lowest BCUT2D eigenvalue weighted by Crippen LogP contribution is -2.40. The Hall–Kier alpha value is -2.54. The molecule has 1 atom stereocenters. The molecule has 1 aliphatic heterocycles. The first-order valence-electron chi connectivity index (χ1n) is 9.38. The first-order chi connectivity index (χ1) is 13.6. The third-order valence-corrected chi connectivity index (χ3v) is 5.57. The van der Waals surface area contributed by atoms with Gasteiger partial charge < -0.3 is 16.0 Å². The summed E-state index contributed by atoms with van der Waals surface area (Å²) in [6.45, 7) is 2.71. The minimum absolute atomic E-state index is 0.123. The van der Waals surface area contributed by atoms with E-state index >= 15 is 0 Å². The number of unbranched alkanes of at least 4 members (excludes halogenated alkanes) is 1. The van der Waals surface area contributed by atoms with E-state index in [1.54, 1.807) is 36.0 Å². The molecule has 1 unspecified atom stereocenters. The second kappa shape index (κ2) is 9.59. The third-order valence-electron chi connectivity index (χ3n) is 4.47. The number of anilines is 2. The topological polar surface area (TPSA) is 70.2 Å². The van der Waals surface area contributed by atoms with E-state index in [0.29, 0.717) is 29.3 Å². The molecular weight excluding hydrogens is 377 g/mol. The van der Waals surface area contributed by atoms with Gasteiger partial charge in [0.15, 0.2) is 0 Å². The standard InChI is InChI=1S/C21H24FN3O2S/c1-2-3-10-23-20(26)15-6-9-17-18(11-15)25-21(27)19(24-17)13-28-12-14-4-7-16(22)8-5-14/h4-9,11,19,24H,2-3,10,12-13H2,1H3,(H,23,26)(H,25,27). The number of hydrogen-bond donors (Lipinski definition) is 3. The van der Waals surface area contributed by atoms with Gasteiger partial charge in [0.05, 0.1) is 11.4 Å². The molecule has 0 bridgehead atoms. The van der Waals surface area contributed by atoms with E-state index in [-0.39, 0.29) is 23.7 Å². The summed E-state index contributed by atoms with van der Waals surface area (Å²) in [6.07, 6.45) is 1.96. The summed E-state index contributed by atoms with van der Waals surface area (Å²) in [5, 5.41) is 9.00. The molecule has 0 fully saturated rings. The maximum Gasteiger partial charge on any atom is 0.251 e. The number of hydrogen-bond acceptors (Lipinski definition) is 4. The van der Waals surface area contributed by atoms with E-state index < -0.39 is 0 Å². The first kappa shape index (κ1) is 20.2. The van der Waals surface area contributed by atoms with Crippen LogP contribution in [0.3, 0.4) is 0 Å². The number of nitrogens with one attached hydrogen (secondary N) is 3. The third kappa shape index (κ3) is 5.25. The van der Waals surface area contributed by atoms with E-state index in [1.807, 2.05) is 6.07 Å². The average molecular weight is 402 g/mol. The summed E-state index contributed by atoms with van der Waals surface area (Å²) < 4.78 is 13.0. The van der Waals surface area contributed by atoms with Crippen LogP contribution in [0.5, 0.6) is 0 Å². The fraction of sp³-hybridized carbons (Fsp3) is 0.333. The molecule has 5 nitrogen and oxygen atoms in total. The Morgan fingerprint density at radius 2 is 1.96 bits per heavy atom. The molecule has 1 heterocycles. The number of carbonyl (C=O) groups is 2. The van der Waals surface area contributed by atoms with Crippen LogP contribution < -0.4 is 16.0 Å². The lowest BCUT2D eigenvalue weighted by atomic mass is 10.1. The fourth-order valence-electron chi connectivity index (χ4n) is 2.86. The van der Waals surface area contributed by atoms with Crippen LogP contribution in [0.2, 0.25) is 0 Å². The number of halogens is 1. The SMILES string of the molecule is CCCCNC(=O)c1ccc2c(c1)NC(=O)C(CSCc1ccc(F)cc1)N2. The molecule has 3 rings (SSSR count). The molecule has 0 saturated carbocycles. The molecule has 3 N–H and O–H groups in total. The number of benzene rings is 2. The van der Waals surface area contributed by atoms with Crippen molar-refractivity contribution < 1.29 is 14.0 Å². The van der Waals surface area contributed by atoms with Gasteiger partial charge in [0.25, 0.3) is 5.91 Å². The minimum Gasteiger partial charge on any atom is -0.371 e. The maximum absolute atomic E-state index is 13.0. The van der Waals surface area contributed by atoms with Crippen LogP contribution in [0.1, 0.15) is 35.7 Å². The van der Waals surface area contributed by atoms with Crippen LogP contribution in [0.4, 0.5) is 15.8 Å². The molecule has 28 heavy (non-hydrogen) atoms. The Morgan fingerprint density at radius 3 is 2.71 bits per heavy atom. The monoisotopic (exact) mass is 401 g/mol. The number of rotatable bonds is 8. The van der Waals surface area contributed by atoms with Gasteiger partial charge in [0, 0.05) is 23.6 Å². The fourth-order valence-corrected chi connectivity index (χ4v) is 3.88. The number of amides is 2. The van der Waals surface area contributed by atoms with Gasteiger partial charge in [-0.2, -0.15) is 11.8 Å². The molecule has 0 aromatic heterocycles. The molecule has 2 amide bonds. The molecule has 1 aliphatic rings. The van der Waals surface area contributed by atoms with Crippen molar-refractivity contribution in [2.45, 2.75) is 31.6 Å². The summed E-state index contributed by atoms with van der Waals surface area (Å²) >= 11 is 1.61. The lowest BCUT2D eigenvalue weighted by molar-refractivity contribution is -0.116. The summed E-state index contributed by atoms with van der Waals surface area (Å²) in [4.78, 5) is 24.6. The van der Waals surface area contributed by atoms with Crippen LogP contribution in [0.15, 0.2) is 42.5 Å². The highest BCUT2D eigenvalue weighted by atomic mass is 32.2. The molecular formula is C21H24FN3O2S. The van der Waals surface area contributed by atoms with Crippen molar-refractivity contribution >= 4 is 35.0 Å². The van der Waals surface area contributed by atoms with E-state index in [9.17, 15) is 14.0 Å². The zero-order valence-corrected chi connectivity index (χ0v) is 16.6. The van der Waals surface area contributed by atoms with Gasteiger partial charge in [-0.15, -0.1) is 0 Å². The normalized spacial score (nSPS) is 15.4. The second-order valence-electron chi connectivity index (χ2n) is 6.70. The van der Waals surface area contributed by atoms with Crippen molar-refractivity contribution in [3.05, 3.63) is 59.4 Å². The van der Waals surface area contributed by atoms with Crippen LogP contribution in [0, 0.1) is 5.82 Å². The molecule has 0 radical (unpaired) electrons. The summed E-state index contributed by atoms with van der Waals surface area (Å²) in [7, 11) is 0. The Morgan fingerprint density at radius 1 is 1.18 bits per heavy atom. The smallest absolute Gasteiger partial charge is 0.251 e. The molecule has 2 aromatic rings. The number of carbonyl (C=O) groups excluding carboxylic acids is 2. The Bertz CT molecular complexity index is 842. The van der Waals surface area contributed by atoms with Crippen molar-refractivity contribution in [3.63, 3.8) is 0 Å². The van der Waals surface area contributed by atoms with Crippen LogP contribution in [-0.4, -0.2) is 30.2 Å². The van der Waals surface area contributed by atoms with Crippen molar-refractivity contribution in [1.82, 2.24) is 5.32 Å². The summed E-state index contributed by atoms with van der Waals surface area (Å²) in [6, 6.07) is 11.3. The van der Waals surface area contributed by atoms with E-state index in [1.165, 1.54) is 12.1 Å². The molecule has 0 aliphatic carbocycles. The van der Waals surface area contributed by atoms with Gasteiger partial charge in [-0.25, -0.2) is 4.39 Å². The van der Waals surface area contributed by atoms with Crippen LogP contribution >= 0.6 is 11.8 Å². The quantitative estimate of drug-likeness (QED) is 0.585. The maximum atomic E-state index is 13.0. The molecule has 0 saturated heterocycles. The van der Waals surface area contributed by atoms with Gasteiger partial charge in [-0.1, -0.05) is 25.5 Å². The molecule has 2 aromatic carbocycles. The van der Waals surface area contributed by atoms with Crippen LogP contribution in [-0.2, 0) is 10.5 Å². The second-order valence-corrected chi connectivity index (χ2v) is 7.73. The average Bonchev–Trinajstić information content (AvgIpc) is 2.69. The molecule has 0 spiro atoms. The minimum atomic E-state index is -0.359. The highest BCUT2D eigenvalue weighted by Crippen LogP contribution is 2.29. The Labute approximate surface area is 168 Å². The summed E-state index contributed by atoms with van der Waals surface area (Å²) in [5.41, 5.74) is 2.97. The molecule has 7 heteroatoms. The highest BCUT2D eigenvalue weighted by Gasteiger charge is 2.26. The van der Waals surface area contributed by atoms with Gasteiger partial charge in [0.2, 0.25) is 5.91 Å². The largest absolute Gasteiger partial charge is 0.371 e. The van der Waals surface area contributed by atoms with Crippen molar-refractivity contribution in [3.8, 4) is 0 Å². The first-order valence-corrected chi connectivity index (χ1v) is 10.5. The zero-order valence-electron chi connectivity index (χ0n) is 15.8. The Balaban J connectivity index is 1.56. The van der Waals surface area contributed by atoms with Crippen LogP contribution in [0.25, 0.3) is 0 Å². The van der Waals surface area contributed by atoms with Crippen molar-refractivity contribution in [1.29, 1.82) is 0 Å². The predicted octanol–water partition coefficient (Wildman–Crippen LogP) is 4.02. The predicted molar refractivity (Wildman–Crippen MR) is 112 cm³/mol.